The maximum absolute atomic E-state index is 11.7. The summed E-state index contributed by atoms with van der Waals surface area (Å²) >= 11 is 0. The fourth-order valence-electron chi connectivity index (χ4n) is 0.980. The maximum Gasteiger partial charge on any atom is 0.411 e. The highest BCUT2D eigenvalue weighted by molar-refractivity contribution is 5.77. The van der Waals surface area contributed by atoms with E-state index in [9.17, 15) is 18.0 Å². The Labute approximate surface area is 89.8 Å². The molecule has 1 rings (SSSR count). The van der Waals surface area contributed by atoms with E-state index in [1.165, 1.54) is 0 Å². The molecule has 0 radical (unpaired) electrons. The van der Waals surface area contributed by atoms with E-state index in [1.807, 2.05) is 0 Å². The average molecular weight is 236 g/mol. The Bertz CT molecular complexity index is 322. The van der Waals surface area contributed by atoms with Gasteiger partial charge in [-0.05, 0) is 11.6 Å². The number of alkyl halides is 3. The van der Waals surface area contributed by atoms with Crippen LogP contribution in [0.3, 0.4) is 0 Å². The Morgan fingerprint density at radius 2 is 2.25 bits per heavy atom. The lowest BCUT2D eigenvalue weighted by Crippen LogP contribution is -2.29. The van der Waals surface area contributed by atoms with E-state index >= 15 is 0 Å². The number of hydrogen-bond acceptors (Lipinski definition) is 2. The van der Waals surface area contributed by atoms with Crippen molar-refractivity contribution in [3.8, 4) is 0 Å². The quantitative estimate of drug-likeness (QED) is 0.807. The van der Waals surface area contributed by atoms with Gasteiger partial charge in [0.15, 0.2) is 0 Å². The van der Waals surface area contributed by atoms with E-state index < -0.39 is 25.3 Å². The molecule has 2 N–H and O–H groups in total. The van der Waals surface area contributed by atoms with Gasteiger partial charge in [0.1, 0.15) is 13.2 Å². The summed E-state index contributed by atoms with van der Waals surface area (Å²) in [6.07, 6.45) is -1.04. The van der Waals surface area contributed by atoms with Crippen molar-refractivity contribution in [1.29, 1.82) is 0 Å². The minimum atomic E-state index is -4.40. The molecule has 0 aliphatic carbocycles. The molecule has 7 heteroatoms. The molecule has 1 heterocycles. The van der Waals surface area contributed by atoms with Crippen molar-refractivity contribution < 1.29 is 22.7 Å². The van der Waals surface area contributed by atoms with E-state index in [-0.39, 0.29) is 6.54 Å². The molecule has 0 bridgehead atoms. The molecular formula is C9H11F3N2O2. The third-order valence-electron chi connectivity index (χ3n) is 1.65. The van der Waals surface area contributed by atoms with E-state index in [1.54, 1.807) is 18.5 Å². The summed E-state index contributed by atoms with van der Waals surface area (Å²) in [4.78, 5) is 13.8. The fraction of sp³-hybridized carbons (Fsp3) is 0.444. The average Bonchev–Trinajstić information content (AvgIpc) is 2.65. The highest BCUT2D eigenvalue weighted by Gasteiger charge is 2.27. The second-order valence-electron chi connectivity index (χ2n) is 3.10. The van der Waals surface area contributed by atoms with Crippen LogP contribution in [0.15, 0.2) is 18.5 Å². The van der Waals surface area contributed by atoms with E-state index in [4.69, 9.17) is 0 Å². The lowest BCUT2D eigenvalue weighted by atomic mass is 10.3. The number of ether oxygens (including phenoxy) is 1. The first kappa shape index (κ1) is 12.6. The number of rotatable bonds is 5. The van der Waals surface area contributed by atoms with Gasteiger partial charge in [-0.3, -0.25) is 4.79 Å². The molecule has 0 spiro atoms. The van der Waals surface area contributed by atoms with Gasteiger partial charge in [-0.2, -0.15) is 13.2 Å². The molecule has 0 atom stereocenters. The zero-order chi connectivity index (χ0) is 12.0. The van der Waals surface area contributed by atoms with Crippen LogP contribution in [0.2, 0.25) is 0 Å². The molecule has 0 fully saturated rings. The van der Waals surface area contributed by atoms with Crippen molar-refractivity contribution in [3.05, 3.63) is 24.0 Å². The van der Waals surface area contributed by atoms with Gasteiger partial charge in [-0.15, -0.1) is 0 Å². The SMILES string of the molecule is O=C(COCC(F)(F)F)NCc1cc[nH]c1. The van der Waals surface area contributed by atoms with Gasteiger partial charge in [-0.25, -0.2) is 0 Å². The molecule has 0 aliphatic heterocycles. The molecule has 0 aromatic carbocycles. The van der Waals surface area contributed by atoms with Crippen LogP contribution in [-0.4, -0.2) is 30.3 Å². The number of aromatic amines is 1. The summed E-state index contributed by atoms with van der Waals surface area (Å²) in [5.74, 6) is -0.578. The zero-order valence-corrected chi connectivity index (χ0v) is 8.30. The standard InChI is InChI=1S/C9H11F3N2O2/c10-9(11,12)6-16-5-8(15)14-4-7-1-2-13-3-7/h1-3,13H,4-6H2,(H,14,15). The Hall–Kier alpha value is -1.50. The number of halogens is 3. The third-order valence-corrected chi connectivity index (χ3v) is 1.65. The molecule has 1 aromatic rings. The Morgan fingerprint density at radius 1 is 1.50 bits per heavy atom. The van der Waals surface area contributed by atoms with Gasteiger partial charge >= 0.3 is 6.18 Å². The molecule has 90 valence electrons. The van der Waals surface area contributed by atoms with Crippen LogP contribution in [0.1, 0.15) is 5.56 Å². The molecule has 1 aromatic heterocycles. The first-order valence-corrected chi connectivity index (χ1v) is 4.50. The lowest BCUT2D eigenvalue weighted by molar-refractivity contribution is -0.175. The van der Waals surface area contributed by atoms with Gasteiger partial charge in [0.05, 0.1) is 0 Å². The second-order valence-corrected chi connectivity index (χ2v) is 3.10. The normalized spacial score (nSPS) is 11.4. The summed E-state index contributed by atoms with van der Waals surface area (Å²) in [6.45, 7) is -1.74. The summed E-state index contributed by atoms with van der Waals surface area (Å²) in [5, 5.41) is 2.42. The molecule has 0 aliphatic rings. The maximum atomic E-state index is 11.7. The Kier molecular flexibility index (Phi) is 4.36. The van der Waals surface area contributed by atoms with Crippen LogP contribution in [0, 0.1) is 0 Å². The summed E-state index contributed by atoms with van der Waals surface area (Å²) < 4.78 is 39.1. The van der Waals surface area contributed by atoms with Gasteiger partial charge < -0.3 is 15.0 Å². The smallest absolute Gasteiger partial charge is 0.367 e. The number of carbonyl (C=O) groups excluding carboxylic acids is 1. The lowest BCUT2D eigenvalue weighted by Gasteiger charge is -2.07. The minimum absolute atomic E-state index is 0.262. The highest BCUT2D eigenvalue weighted by Crippen LogP contribution is 2.13. The number of nitrogens with one attached hydrogen (secondary N) is 2. The van der Waals surface area contributed by atoms with Crippen LogP contribution < -0.4 is 5.32 Å². The zero-order valence-electron chi connectivity index (χ0n) is 8.30. The predicted octanol–water partition coefficient (Wildman–Crippen LogP) is 1.21. The van der Waals surface area contributed by atoms with Crippen LogP contribution in [-0.2, 0) is 16.1 Å². The first-order valence-electron chi connectivity index (χ1n) is 4.50. The monoisotopic (exact) mass is 236 g/mol. The van der Waals surface area contributed by atoms with E-state index in [2.05, 4.69) is 15.0 Å². The first-order chi connectivity index (χ1) is 7.47. The topological polar surface area (TPSA) is 54.1 Å². The summed E-state index contributed by atoms with van der Waals surface area (Å²) in [5.41, 5.74) is 0.837. The van der Waals surface area contributed by atoms with Crippen LogP contribution in [0.25, 0.3) is 0 Å². The molecule has 1 amide bonds. The van der Waals surface area contributed by atoms with Gasteiger partial charge in [0, 0.05) is 18.9 Å². The molecular weight excluding hydrogens is 225 g/mol. The van der Waals surface area contributed by atoms with E-state index in [0.29, 0.717) is 0 Å². The van der Waals surface area contributed by atoms with Gasteiger partial charge in [-0.1, -0.05) is 0 Å². The second kappa shape index (κ2) is 5.55. The van der Waals surface area contributed by atoms with Crippen LogP contribution in [0.5, 0.6) is 0 Å². The highest BCUT2D eigenvalue weighted by atomic mass is 19.4. The molecule has 0 saturated carbocycles. The largest absolute Gasteiger partial charge is 0.411 e. The molecule has 0 unspecified atom stereocenters. The number of H-pyrrole nitrogens is 1. The van der Waals surface area contributed by atoms with Crippen LogP contribution in [0.4, 0.5) is 13.2 Å². The summed E-state index contributed by atoms with van der Waals surface area (Å²) in [7, 11) is 0. The van der Waals surface area contributed by atoms with Crippen molar-refractivity contribution in [3.63, 3.8) is 0 Å². The van der Waals surface area contributed by atoms with E-state index in [0.717, 1.165) is 5.56 Å². The number of aromatic nitrogens is 1. The van der Waals surface area contributed by atoms with Crippen LogP contribution >= 0.6 is 0 Å². The van der Waals surface area contributed by atoms with Gasteiger partial charge in [0.2, 0.25) is 5.91 Å². The van der Waals surface area contributed by atoms with Gasteiger partial charge in [0.25, 0.3) is 0 Å². The van der Waals surface area contributed by atoms with Crippen molar-refractivity contribution in [2.24, 2.45) is 0 Å². The number of hydrogen-bond donors (Lipinski definition) is 2. The van der Waals surface area contributed by atoms with Crippen molar-refractivity contribution in [2.75, 3.05) is 13.2 Å². The Balaban J connectivity index is 2.12. The fourth-order valence-corrected chi connectivity index (χ4v) is 0.980. The minimum Gasteiger partial charge on any atom is -0.367 e. The number of amides is 1. The third kappa shape index (κ3) is 5.40. The molecule has 4 nitrogen and oxygen atoms in total. The van der Waals surface area contributed by atoms with Crippen molar-refractivity contribution in [1.82, 2.24) is 10.3 Å². The van der Waals surface area contributed by atoms with Crippen molar-refractivity contribution in [2.45, 2.75) is 12.7 Å². The number of carbonyl (C=O) groups is 1. The van der Waals surface area contributed by atoms with Crippen molar-refractivity contribution >= 4 is 5.91 Å². The molecule has 16 heavy (non-hydrogen) atoms. The molecule has 0 saturated heterocycles. The summed E-state index contributed by atoms with van der Waals surface area (Å²) in [6, 6.07) is 1.75. The Morgan fingerprint density at radius 3 is 2.81 bits per heavy atom. The predicted molar refractivity (Wildman–Crippen MR) is 49.5 cm³/mol.